The molecule has 0 aliphatic rings. The summed E-state index contributed by atoms with van der Waals surface area (Å²) in [4.78, 5) is 0. The maximum absolute atomic E-state index is 14.0. The fraction of sp³-hybridized carbons (Fsp3) is 0.250. The molecule has 1 unspecified atom stereocenters. The van der Waals surface area contributed by atoms with E-state index in [1.807, 2.05) is 19.1 Å². The summed E-state index contributed by atoms with van der Waals surface area (Å²) in [5, 5.41) is 2.96. The molecular formula is C16H17F2NO. The highest BCUT2D eigenvalue weighted by Crippen LogP contribution is 2.32. The van der Waals surface area contributed by atoms with Gasteiger partial charge in [0.15, 0.2) is 0 Å². The highest BCUT2D eigenvalue weighted by Gasteiger charge is 2.23. The Morgan fingerprint density at radius 3 is 2.30 bits per heavy atom. The van der Waals surface area contributed by atoms with E-state index < -0.39 is 17.7 Å². The van der Waals surface area contributed by atoms with Crippen molar-refractivity contribution in [1.29, 1.82) is 0 Å². The van der Waals surface area contributed by atoms with Crippen molar-refractivity contribution in [3.63, 3.8) is 0 Å². The lowest BCUT2D eigenvalue weighted by Gasteiger charge is -2.21. The van der Waals surface area contributed by atoms with Crippen molar-refractivity contribution in [3.05, 3.63) is 65.2 Å². The van der Waals surface area contributed by atoms with Crippen molar-refractivity contribution in [2.24, 2.45) is 0 Å². The average Bonchev–Trinajstić information content (AvgIpc) is 2.44. The number of hydrogen-bond donors (Lipinski definition) is 1. The number of benzene rings is 2. The molecule has 4 heteroatoms. The quantitative estimate of drug-likeness (QED) is 0.900. The largest absolute Gasteiger partial charge is 0.494 e. The van der Waals surface area contributed by atoms with Gasteiger partial charge in [-0.1, -0.05) is 24.3 Å². The third-order valence-corrected chi connectivity index (χ3v) is 3.11. The molecule has 0 spiro atoms. The van der Waals surface area contributed by atoms with Gasteiger partial charge in [-0.15, -0.1) is 0 Å². The van der Waals surface area contributed by atoms with Crippen molar-refractivity contribution in [2.45, 2.75) is 13.0 Å². The van der Waals surface area contributed by atoms with Gasteiger partial charge in [0, 0.05) is 11.1 Å². The summed E-state index contributed by atoms with van der Waals surface area (Å²) in [5.74, 6) is -0.525. The second-order valence-corrected chi connectivity index (χ2v) is 4.33. The van der Waals surface area contributed by atoms with Crippen LogP contribution in [-0.4, -0.2) is 13.7 Å². The SMILES string of the molecule is CCOc1ccccc1C(NC)c1c(F)cccc1F. The van der Waals surface area contributed by atoms with Gasteiger partial charge in [-0.05, 0) is 32.2 Å². The van der Waals surface area contributed by atoms with Gasteiger partial charge in [-0.2, -0.15) is 0 Å². The van der Waals surface area contributed by atoms with Crippen LogP contribution >= 0.6 is 0 Å². The third-order valence-electron chi connectivity index (χ3n) is 3.11. The van der Waals surface area contributed by atoms with Crippen LogP contribution in [0.4, 0.5) is 8.78 Å². The number of halogens is 2. The molecule has 2 rings (SSSR count). The second kappa shape index (κ2) is 6.48. The lowest BCUT2D eigenvalue weighted by molar-refractivity contribution is 0.333. The van der Waals surface area contributed by atoms with Crippen LogP contribution in [-0.2, 0) is 0 Å². The van der Waals surface area contributed by atoms with Gasteiger partial charge in [0.2, 0.25) is 0 Å². The van der Waals surface area contributed by atoms with E-state index in [4.69, 9.17) is 4.74 Å². The zero-order valence-electron chi connectivity index (χ0n) is 11.5. The molecular weight excluding hydrogens is 260 g/mol. The highest BCUT2D eigenvalue weighted by atomic mass is 19.1. The van der Waals surface area contributed by atoms with Crippen LogP contribution in [0.3, 0.4) is 0 Å². The Bertz CT molecular complexity index is 566. The summed E-state index contributed by atoms with van der Waals surface area (Å²) < 4.78 is 33.5. The molecule has 0 radical (unpaired) electrons. The van der Waals surface area contributed by atoms with Crippen molar-refractivity contribution < 1.29 is 13.5 Å². The molecule has 0 saturated carbocycles. The molecule has 1 atom stereocenters. The minimum atomic E-state index is -0.598. The standard InChI is InChI=1S/C16H17F2NO/c1-3-20-14-10-5-4-7-11(14)16(19-2)15-12(17)8-6-9-13(15)18/h4-10,16,19H,3H2,1-2H3. The van der Waals surface area contributed by atoms with Crippen molar-refractivity contribution in [1.82, 2.24) is 5.32 Å². The van der Waals surface area contributed by atoms with E-state index in [0.29, 0.717) is 17.9 Å². The van der Waals surface area contributed by atoms with Crippen LogP contribution in [0.5, 0.6) is 5.75 Å². The van der Waals surface area contributed by atoms with E-state index in [-0.39, 0.29) is 5.56 Å². The van der Waals surface area contributed by atoms with Crippen molar-refractivity contribution >= 4 is 0 Å². The van der Waals surface area contributed by atoms with Gasteiger partial charge >= 0.3 is 0 Å². The van der Waals surface area contributed by atoms with Crippen LogP contribution in [0, 0.1) is 11.6 Å². The van der Waals surface area contributed by atoms with Gasteiger partial charge in [0.05, 0.1) is 12.6 Å². The predicted molar refractivity (Wildman–Crippen MR) is 74.9 cm³/mol. The molecule has 0 saturated heterocycles. The molecule has 106 valence electrons. The van der Waals surface area contributed by atoms with Crippen LogP contribution in [0.25, 0.3) is 0 Å². The van der Waals surface area contributed by atoms with E-state index in [1.54, 1.807) is 19.2 Å². The lowest BCUT2D eigenvalue weighted by atomic mass is 9.97. The molecule has 0 aromatic heterocycles. The predicted octanol–water partition coefficient (Wildman–Crippen LogP) is 3.67. The number of hydrogen-bond acceptors (Lipinski definition) is 2. The van der Waals surface area contributed by atoms with Gasteiger partial charge in [0.25, 0.3) is 0 Å². The Labute approximate surface area is 117 Å². The fourth-order valence-electron chi connectivity index (χ4n) is 2.25. The molecule has 2 aromatic carbocycles. The first-order valence-corrected chi connectivity index (χ1v) is 6.52. The van der Waals surface area contributed by atoms with Crippen LogP contribution in [0.15, 0.2) is 42.5 Å². The van der Waals surface area contributed by atoms with Gasteiger partial charge < -0.3 is 10.1 Å². The first-order valence-electron chi connectivity index (χ1n) is 6.52. The average molecular weight is 277 g/mol. The first kappa shape index (κ1) is 14.5. The van der Waals surface area contributed by atoms with Crippen LogP contribution in [0.1, 0.15) is 24.1 Å². The van der Waals surface area contributed by atoms with Crippen LogP contribution < -0.4 is 10.1 Å². The summed E-state index contributed by atoms with van der Waals surface area (Å²) in [6, 6.07) is 10.5. The minimum absolute atomic E-state index is 0.00199. The third kappa shape index (κ3) is 2.80. The molecule has 0 aliphatic heterocycles. The Balaban J connectivity index is 2.53. The van der Waals surface area contributed by atoms with E-state index in [2.05, 4.69) is 5.32 Å². The molecule has 0 amide bonds. The normalized spacial score (nSPS) is 12.2. The van der Waals surface area contributed by atoms with E-state index in [9.17, 15) is 8.78 Å². The lowest BCUT2D eigenvalue weighted by Crippen LogP contribution is -2.21. The molecule has 2 nitrogen and oxygen atoms in total. The first-order chi connectivity index (χ1) is 9.69. The van der Waals surface area contributed by atoms with Crippen molar-refractivity contribution in [3.8, 4) is 5.75 Å². The Kier molecular flexibility index (Phi) is 4.69. The Hall–Kier alpha value is -1.94. The zero-order valence-corrected chi connectivity index (χ0v) is 11.5. The summed E-state index contributed by atoms with van der Waals surface area (Å²) in [6.45, 7) is 2.36. The van der Waals surface area contributed by atoms with Gasteiger partial charge in [0.1, 0.15) is 17.4 Å². The number of para-hydroxylation sites is 1. The number of ether oxygens (including phenoxy) is 1. The fourth-order valence-corrected chi connectivity index (χ4v) is 2.25. The Morgan fingerprint density at radius 2 is 1.70 bits per heavy atom. The van der Waals surface area contributed by atoms with Crippen LogP contribution in [0.2, 0.25) is 0 Å². The maximum Gasteiger partial charge on any atom is 0.131 e. The molecule has 0 bridgehead atoms. The van der Waals surface area contributed by atoms with Crippen molar-refractivity contribution in [2.75, 3.05) is 13.7 Å². The Morgan fingerprint density at radius 1 is 1.05 bits per heavy atom. The summed E-state index contributed by atoms with van der Waals surface area (Å²) in [7, 11) is 1.67. The van der Waals surface area contributed by atoms with Gasteiger partial charge in [-0.25, -0.2) is 8.78 Å². The smallest absolute Gasteiger partial charge is 0.131 e. The van der Waals surface area contributed by atoms with E-state index >= 15 is 0 Å². The molecule has 1 N–H and O–H groups in total. The zero-order chi connectivity index (χ0) is 14.5. The monoisotopic (exact) mass is 277 g/mol. The topological polar surface area (TPSA) is 21.3 Å². The van der Waals surface area contributed by atoms with E-state index in [1.165, 1.54) is 18.2 Å². The number of rotatable bonds is 5. The molecule has 0 fully saturated rings. The highest BCUT2D eigenvalue weighted by molar-refractivity contribution is 5.42. The number of nitrogens with one attached hydrogen (secondary N) is 1. The molecule has 0 aliphatic carbocycles. The van der Waals surface area contributed by atoms with Gasteiger partial charge in [-0.3, -0.25) is 0 Å². The molecule has 20 heavy (non-hydrogen) atoms. The molecule has 0 heterocycles. The summed E-state index contributed by atoms with van der Waals surface area (Å²) in [6.07, 6.45) is 0. The second-order valence-electron chi connectivity index (χ2n) is 4.33. The maximum atomic E-state index is 14.0. The summed E-state index contributed by atoms with van der Waals surface area (Å²) in [5.41, 5.74) is 0.711. The van der Waals surface area contributed by atoms with E-state index in [0.717, 1.165) is 0 Å². The summed E-state index contributed by atoms with van der Waals surface area (Å²) >= 11 is 0. The minimum Gasteiger partial charge on any atom is -0.494 e. The molecule has 2 aromatic rings.